The van der Waals surface area contributed by atoms with Gasteiger partial charge in [0.1, 0.15) is 5.82 Å². The molecule has 1 aliphatic heterocycles. The second-order valence-corrected chi connectivity index (χ2v) is 9.53. The van der Waals surface area contributed by atoms with E-state index in [-0.39, 0.29) is 16.9 Å². The Hall–Kier alpha value is -2.68. The number of nitrogens with zero attached hydrogens (tertiary/aromatic N) is 4. The molecule has 4 aromatic rings. The molecular weight excluding hydrogens is 446 g/mol. The number of aromatic nitrogens is 5. The third kappa shape index (κ3) is 4.30. The first-order valence-corrected chi connectivity index (χ1v) is 11.8. The van der Waals surface area contributed by atoms with Crippen LogP contribution in [0.25, 0.3) is 22.3 Å². The van der Waals surface area contributed by atoms with Crippen LogP contribution in [0.2, 0.25) is 5.02 Å². The van der Waals surface area contributed by atoms with Gasteiger partial charge in [-0.2, -0.15) is 0 Å². The van der Waals surface area contributed by atoms with Gasteiger partial charge in [0.05, 0.1) is 28.8 Å². The molecule has 0 spiro atoms. The van der Waals surface area contributed by atoms with Crippen LogP contribution in [0, 0.1) is 0 Å². The second-order valence-electron chi connectivity index (χ2n) is 7.79. The van der Waals surface area contributed by atoms with E-state index in [1.807, 2.05) is 49.4 Å². The van der Waals surface area contributed by atoms with Crippen LogP contribution in [0.4, 0.5) is 0 Å². The number of benzene rings is 2. The summed E-state index contributed by atoms with van der Waals surface area (Å²) in [6.45, 7) is 3.46. The van der Waals surface area contributed by atoms with Gasteiger partial charge in [-0.1, -0.05) is 35.5 Å². The molecule has 0 radical (unpaired) electrons. The lowest BCUT2D eigenvalue weighted by Gasteiger charge is -2.16. The molecule has 0 saturated carbocycles. The van der Waals surface area contributed by atoms with Crippen molar-refractivity contribution in [3.05, 3.63) is 69.7 Å². The van der Waals surface area contributed by atoms with Crippen LogP contribution in [0.3, 0.4) is 0 Å². The highest BCUT2D eigenvalue weighted by atomic mass is 35.5. The Kier molecular flexibility index (Phi) is 5.99. The zero-order chi connectivity index (χ0) is 22.1. The number of hydrogen-bond acceptors (Lipinski definition) is 6. The molecule has 0 unspecified atom stereocenters. The number of rotatable bonds is 6. The maximum atomic E-state index is 12.5. The molecule has 1 N–H and O–H groups in total. The maximum Gasteiger partial charge on any atom is 0.258 e. The summed E-state index contributed by atoms with van der Waals surface area (Å²) in [7, 11) is 0. The normalized spacial score (nSPS) is 17.1. The van der Waals surface area contributed by atoms with Crippen molar-refractivity contribution in [2.24, 2.45) is 0 Å². The molecule has 0 aliphatic carbocycles. The molecule has 0 bridgehead atoms. The Morgan fingerprint density at radius 3 is 2.81 bits per heavy atom. The summed E-state index contributed by atoms with van der Waals surface area (Å²) in [5, 5.41) is 10.8. The SMILES string of the molecule is C[C@H](Sc1nnc(-c2ccc(Cl)cc2)n1C[C@@H]1CCCO1)c1nc2ccccc2c(=O)[nH]1. The lowest BCUT2D eigenvalue weighted by atomic mass is 10.2. The van der Waals surface area contributed by atoms with Crippen molar-refractivity contribution in [3.63, 3.8) is 0 Å². The average molecular weight is 468 g/mol. The van der Waals surface area contributed by atoms with E-state index in [2.05, 4.69) is 24.7 Å². The molecule has 9 heteroatoms. The molecule has 3 heterocycles. The standard InChI is InChI=1S/C23H22ClN5O2S/c1-14(20-25-19-7-3-2-6-18(19)22(30)26-20)32-23-28-27-21(15-8-10-16(24)11-9-15)29(23)13-17-5-4-12-31-17/h2-3,6-11,14,17H,4-5,12-13H2,1H3,(H,25,26,30)/t14-,17-/m0/s1. The van der Waals surface area contributed by atoms with E-state index in [9.17, 15) is 4.79 Å². The van der Waals surface area contributed by atoms with Crippen LogP contribution in [-0.4, -0.2) is 37.4 Å². The first kappa shape index (κ1) is 21.2. The third-order valence-electron chi connectivity index (χ3n) is 5.53. The Balaban J connectivity index is 1.48. The number of aromatic amines is 1. The first-order chi connectivity index (χ1) is 15.6. The van der Waals surface area contributed by atoms with Crippen LogP contribution in [-0.2, 0) is 11.3 Å². The number of nitrogens with one attached hydrogen (secondary N) is 1. The molecule has 2 atom stereocenters. The number of fused-ring (bicyclic) bond motifs is 1. The number of ether oxygens (including phenoxy) is 1. The highest BCUT2D eigenvalue weighted by Gasteiger charge is 2.24. The third-order valence-corrected chi connectivity index (χ3v) is 6.87. The minimum absolute atomic E-state index is 0.127. The zero-order valence-corrected chi connectivity index (χ0v) is 19.1. The van der Waals surface area contributed by atoms with Gasteiger partial charge in [0.15, 0.2) is 11.0 Å². The van der Waals surface area contributed by atoms with Crippen molar-refractivity contribution in [1.29, 1.82) is 0 Å². The Morgan fingerprint density at radius 1 is 1.22 bits per heavy atom. The minimum Gasteiger partial charge on any atom is -0.376 e. The van der Waals surface area contributed by atoms with Crippen molar-refractivity contribution in [3.8, 4) is 11.4 Å². The summed E-state index contributed by atoms with van der Waals surface area (Å²) in [6.07, 6.45) is 2.20. The predicted octanol–water partition coefficient (Wildman–Crippen LogP) is 4.87. The van der Waals surface area contributed by atoms with Crippen LogP contribution in [0.1, 0.15) is 30.8 Å². The molecule has 5 rings (SSSR count). The highest BCUT2D eigenvalue weighted by Crippen LogP contribution is 2.35. The largest absolute Gasteiger partial charge is 0.376 e. The molecule has 1 fully saturated rings. The van der Waals surface area contributed by atoms with Crippen LogP contribution in [0.5, 0.6) is 0 Å². The molecule has 0 amide bonds. The van der Waals surface area contributed by atoms with E-state index in [1.165, 1.54) is 11.8 Å². The maximum absolute atomic E-state index is 12.5. The number of thioether (sulfide) groups is 1. The Bertz CT molecular complexity index is 1300. The van der Waals surface area contributed by atoms with Gasteiger partial charge in [0.25, 0.3) is 5.56 Å². The fourth-order valence-corrected chi connectivity index (χ4v) is 4.90. The number of halogens is 1. The van der Waals surface area contributed by atoms with Crippen molar-refractivity contribution >= 4 is 34.3 Å². The minimum atomic E-state index is -0.138. The van der Waals surface area contributed by atoms with Gasteiger partial charge in [0, 0.05) is 17.2 Å². The molecule has 32 heavy (non-hydrogen) atoms. The summed E-state index contributed by atoms with van der Waals surface area (Å²) in [6, 6.07) is 14.9. The zero-order valence-electron chi connectivity index (χ0n) is 17.5. The summed E-state index contributed by atoms with van der Waals surface area (Å²) in [4.78, 5) is 20.1. The van der Waals surface area contributed by atoms with E-state index >= 15 is 0 Å². The monoisotopic (exact) mass is 467 g/mol. The molecule has 164 valence electrons. The quantitative estimate of drug-likeness (QED) is 0.407. The van der Waals surface area contributed by atoms with Gasteiger partial charge in [0.2, 0.25) is 0 Å². The first-order valence-electron chi connectivity index (χ1n) is 10.5. The van der Waals surface area contributed by atoms with Crippen LogP contribution < -0.4 is 5.56 Å². The van der Waals surface area contributed by atoms with E-state index in [4.69, 9.17) is 16.3 Å². The van der Waals surface area contributed by atoms with E-state index in [0.717, 1.165) is 36.0 Å². The average Bonchev–Trinajstić information content (AvgIpc) is 3.45. The summed E-state index contributed by atoms with van der Waals surface area (Å²) in [5.74, 6) is 1.38. The van der Waals surface area contributed by atoms with Gasteiger partial charge in [-0.25, -0.2) is 4.98 Å². The number of H-pyrrole nitrogens is 1. The van der Waals surface area contributed by atoms with Crippen LogP contribution in [0.15, 0.2) is 58.5 Å². The molecular formula is C23H22ClN5O2S. The van der Waals surface area contributed by atoms with E-state index < -0.39 is 0 Å². The van der Waals surface area contributed by atoms with Gasteiger partial charge in [-0.15, -0.1) is 10.2 Å². The number of hydrogen-bond donors (Lipinski definition) is 1. The Morgan fingerprint density at radius 2 is 2.03 bits per heavy atom. The molecule has 1 aliphatic rings. The van der Waals surface area contributed by atoms with Crippen molar-refractivity contribution in [2.45, 2.75) is 42.8 Å². The lowest BCUT2D eigenvalue weighted by Crippen LogP contribution is -2.17. The summed E-state index contributed by atoms with van der Waals surface area (Å²) >= 11 is 7.59. The van der Waals surface area contributed by atoms with Gasteiger partial charge in [-0.05, 0) is 56.2 Å². The van der Waals surface area contributed by atoms with Gasteiger partial charge >= 0.3 is 0 Å². The lowest BCUT2D eigenvalue weighted by molar-refractivity contribution is 0.0953. The highest BCUT2D eigenvalue weighted by molar-refractivity contribution is 7.99. The second kappa shape index (κ2) is 9.05. The number of para-hydroxylation sites is 1. The van der Waals surface area contributed by atoms with E-state index in [1.54, 1.807) is 6.07 Å². The van der Waals surface area contributed by atoms with Crippen molar-refractivity contribution in [1.82, 2.24) is 24.7 Å². The summed E-state index contributed by atoms with van der Waals surface area (Å²) in [5.41, 5.74) is 1.48. The summed E-state index contributed by atoms with van der Waals surface area (Å²) < 4.78 is 7.97. The fraction of sp³-hybridized carbons (Fsp3) is 0.304. The van der Waals surface area contributed by atoms with Crippen molar-refractivity contribution in [2.75, 3.05) is 6.61 Å². The topological polar surface area (TPSA) is 85.7 Å². The smallest absolute Gasteiger partial charge is 0.258 e. The molecule has 2 aromatic carbocycles. The van der Waals surface area contributed by atoms with Crippen LogP contribution >= 0.6 is 23.4 Å². The van der Waals surface area contributed by atoms with Gasteiger partial charge < -0.3 is 9.72 Å². The van der Waals surface area contributed by atoms with Crippen molar-refractivity contribution < 1.29 is 4.74 Å². The van der Waals surface area contributed by atoms with E-state index in [0.29, 0.717) is 28.3 Å². The molecule has 2 aromatic heterocycles. The fourth-order valence-electron chi connectivity index (χ4n) is 3.86. The molecule has 7 nitrogen and oxygen atoms in total. The molecule has 1 saturated heterocycles. The predicted molar refractivity (Wildman–Crippen MR) is 126 cm³/mol. The Labute approximate surface area is 194 Å². The van der Waals surface area contributed by atoms with Gasteiger partial charge in [-0.3, -0.25) is 9.36 Å².